The molecule has 3 rings (SSSR count). The number of carbonyl (C=O) groups is 1. The van der Waals surface area contributed by atoms with E-state index in [9.17, 15) is 13.2 Å². The van der Waals surface area contributed by atoms with Gasteiger partial charge in [0.15, 0.2) is 0 Å². The molecular formula is C15H11F3N2O2. The fourth-order valence-electron chi connectivity index (χ4n) is 1.75. The molecule has 0 fully saturated rings. The first kappa shape index (κ1) is 15.6. The third-order valence-electron chi connectivity index (χ3n) is 2.78. The highest BCUT2D eigenvalue weighted by atomic mass is 19.4. The third kappa shape index (κ3) is 3.85. The van der Waals surface area contributed by atoms with Crippen LogP contribution in [-0.4, -0.2) is 26.8 Å². The van der Waals surface area contributed by atoms with Gasteiger partial charge in [0.1, 0.15) is 0 Å². The van der Waals surface area contributed by atoms with Gasteiger partial charge in [-0.3, -0.25) is 0 Å². The second-order valence-electron chi connectivity index (χ2n) is 4.30. The van der Waals surface area contributed by atoms with Crippen LogP contribution in [0.1, 0.15) is 0 Å². The molecule has 0 amide bonds. The second-order valence-corrected chi connectivity index (χ2v) is 4.30. The molecule has 0 aliphatic heterocycles. The molecule has 1 heterocycles. The highest BCUT2D eigenvalue weighted by Gasteiger charge is 2.38. The molecular weight excluding hydrogens is 297 g/mol. The Kier molecular flexibility index (Phi) is 4.45. The molecule has 7 heteroatoms. The van der Waals surface area contributed by atoms with E-state index in [1.807, 2.05) is 17.1 Å². The summed E-state index contributed by atoms with van der Waals surface area (Å²) in [6.45, 7) is 0. The average Bonchev–Trinajstić information content (AvgIpc) is 3.00. The Morgan fingerprint density at radius 1 is 1.09 bits per heavy atom. The van der Waals surface area contributed by atoms with Crippen molar-refractivity contribution >= 4 is 16.7 Å². The number of rotatable bonds is 1. The van der Waals surface area contributed by atoms with E-state index >= 15 is 0 Å². The zero-order chi connectivity index (χ0) is 16.2. The van der Waals surface area contributed by atoms with Gasteiger partial charge in [-0.1, -0.05) is 30.3 Å². The number of aliphatic carboxylic acids is 1. The van der Waals surface area contributed by atoms with E-state index in [1.54, 1.807) is 6.20 Å². The lowest BCUT2D eigenvalue weighted by Gasteiger charge is -2.03. The van der Waals surface area contributed by atoms with Gasteiger partial charge in [-0.25, -0.2) is 9.78 Å². The van der Waals surface area contributed by atoms with Gasteiger partial charge in [0.05, 0.1) is 6.33 Å². The maximum Gasteiger partial charge on any atom is 0.490 e. The van der Waals surface area contributed by atoms with E-state index in [2.05, 4.69) is 47.4 Å². The zero-order valence-corrected chi connectivity index (χ0v) is 11.2. The minimum atomic E-state index is -5.08. The monoisotopic (exact) mass is 308 g/mol. The van der Waals surface area contributed by atoms with Crippen molar-refractivity contribution in [3.05, 3.63) is 61.2 Å². The first-order valence-electron chi connectivity index (χ1n) is 6.15. The molecule has 114 valence electrons. The van der Waals surface area contributed by atoms with Crippen LogP contribution in [0.4, 0.5) is 13.2 Å². The topological polar surface area (TPSA) is 55.1 Å². The highest BCUT2D eigenvalue weighted by molar-refractivity contribution is 5.84. The maximum absolute atomic E-state index is 10.6. The van der Waals surface area contributed by atoms with Crippen molar-refractivity contribution in [1.82, 2.24) is 9.55 Å². The SMILES string of the molecule is O=C(O)C(F)(F)F.c1ccc2cc(-n3ccnc3)ccc2c1. The van der Waals surface area contributed by atoms with Crippen LogP contribution in [0.5, 0.6) is 0 Å². The number of carboxylic acids is 1. The highest BCUT2D eigenvalue weighted by Crippen LogP contribution is 2.17. The fourth-order valence-corrected chi connectivity index (χ4v) is 1.75. The molecule has 3 aromatic rings. The Bertz CT molecular complexity index is 768. The average molecular weight is 308 g/mol. The van der Waals surface area contributed by atoms with E-state index in [1.165, 1.54) is 10.8 Å². The number of fused-ring (bicyclic) bond motifs is 1. The fraction of sp³-hybridized carbons (Fsp3) is 0.0667. The van der Waals surface area contributed by atoms with Crippen molar-refractivity contribution in [2.24, 2.45) is 0 Å². The Hall–Kier alpha value is -2.83. The van der Waals surface area contributed by atoms with Crippen molar-refractivity contribution < 1.29 is 23.1 Å². The lowest BCUT2D eigenvalue weighted by molar-refractivity contribution is -0.192. The summed E-state index contributed by atoms with van der Waals surface area (Å²) >= 11 is 0. The summed E-state index contributed by atoms with van der Waals surface area (Å²) in [5.74, 6) is -2.76. The number of imidazole rings is 1. The van der Waals surface area contributed by atoms with E-state index in [0.717, 1.165) is 5.69 Å². The van der Waals surface area contributed by atoms with Crippen LogP contribution >= 0.6 is 0 Å². The number of carboxylic acid groups (broad SMARTS) is 1. The molecule has 1 N–H and O–H groups in total. The molecule has 0 unspecified atom stereocenters. The molecule has 0 spiro atoms. The normalized spacial score (nSPS) is 10.9. The first-order valence-corrected chi connectivity index (χ1v) is 6.15. The largest absolute Gasteiger partial charge is 0.490 e. The molecule has 0 aliphatic carbocycles. The molecule has 0 saturated heterocycles. The predicted octanol–water partition coefficient (Wildman–Crippen LogP) is 3.66. The number of aromatic nitrogens is 2. The van der Waals surface area contributed by atoms with Crippen molar-refractivity contribution in [3.63, 3.8) is 0 Å². The summed E-state index contributed by atoms with van der Waals surface area (Å²) in [4.78, 5) is 12.9. The molecule has 0 radical (unpaired) electrons. The second kappa shape index (κ2) is 6.30. The van der Waals surface area contributed by atoms with Crippen LogP contribution in [0.2, 0.25) is 0 Å². The van der Waals surface area contributed by atoms with E-state index in [4.69, 9.17) is 9.90 Å². The van der Waals surface area contributed by atoms with Gasteiger partial charge in [-0.2, -0.15) is 13.2 Å². The van der Waals surface area contributed by atoms with Crippen LogP contribution in [-0.2, 0) is 4.79 Å². The maximum atomic E-state index is 10.6. The molecule has 0 aliphatic rings. The van der Waals surface area contributed by atoms with Crippen LogP contribution in [0.3, 0.4) is 0 Å². The van der Waals surface area contributed by atoms with E-state index in [-0.39, 0.29) is 0 Å². The van der Waals surface area contributed by atoms with Crippen molar-refractivity contribution in [3.8, 4) is 5.69 Å². The minimum absolute atomic E-state index is 1.14. The molecule has 4 nitrogen and oxygen atoms in total. The van der Waals surface area contributed by atoms with Gasteiger partial charge in [0.25, 0.3) is 0 Å². The standard InChI is InChI=1S/C13H10N2.C2HF3O2/c1-2-4-12-9-13(6-5-11(12)3-1)15-8-7-14-10-15;3-2(4,5)1(6)7/h1-10H;(H,6,7). The summed E-state index contributed by atoms with van der Waals surface area (Å²) in [6.07, 6.45) is 0.462. The molecule has 0 bridgehead atoms. The van der Waals surface area contributed by atoms with Crippen LogP contribution in [0, 0.1) is 0 Å². The summed E-state index contributed by atoms with van der Waals surface area (Å²) in [5, 5.41) is 9.64. The van der Waals surface area contributed by atoms with Crippen LogP contribution < -0.4 is 0 Å². The molecule has 2 aromatic carbocycles. The van der Waals surface area contributed by atoms with Gasteiger partial charge in [-0.05, 0) is 22.9 Å². The van der Waals surface area contributed by atoms with Gasteiger partial charge in [0, 0.05) is 18.1 Å². The smallest absolute Gasteiger partial charge is 0.475 e. The Morgan fingerprint density at radius 2 is 1.73 bits per heavy atom. The number of nitrogens with zero attached hydrogens (tertiary/aromatic N) is 2. The van der Waals surface area contributed by atoms with Gasteiger partial charge < -0.3 is 9.67 Å². The quantitative estimate of drug-likeness (QED) is 0.746. The molecule has 22 heavy (non-hydrogen) atoms. The Labute approximate surface area is 123 Å². The van der Waals surface area contributed by atoms with Crippen LogP contribution in [0.25, 0.3) is 16.5 Å². The van der Waals surface area contributed by atoms with Gasteiger partial charge >= 0.3 is 12.1 Å². The lowest BCUT2D eigenvalue weighted by Crippen LogP contribution is -2.21. The first-order chi connectivity index (χ1) is 10.4. The summed E-state index contributed by atoms with van der Waals surface area (Å²) < 4.78 is 33.7. The Balaban J connectivity index is 0.000000217. The number of hydrogen-bond acceptors (Lipinski definition) is 2. The molecule has 1 aromatic heterocycles. The van der Waals surface area contributed by atoms with Crippen molar-refractivity contribution in [1.29, 1.82) is 0 Å². The van der Waals surface area contributed by atoms with E-state index in [0.29, 0.717) is 0 Å². The van der Waals surface area contributed by atoms with Crippen LogP contribution in [0.15, 0.2) is 61.2 Å². The molecule has 0 saturated carbocycles. The summed E-state index contributed by atoms with van der Waals surface area (Å²) in [5.41, 5.74) is 1.14. The third-order valence-corrected chi connectivity index (χ3v) is 2.78. The number of alkyl halides is 3. The summed E-state index contributed by atoms with van der Waals surface area (Å²) in [7, 11) is 0. The van der Waals surface area contributed by atoms with Crippen molar-refractivity contribution in [2.45, 2.75) is 6.18 Å². The zero-order valence-electron chi connectivity index (χ0n) is 11.2. The predicted molar refractivity (Wildman–Crippen MR) is 74.8 cm³/mol. The number of hydrogen-bond donors (Lipinski definition) is 1. The minimum Gasteiger partial charge on any atom is -0.475 e. The number of halogens is 3. The lowest BCUT2D eigenvalue weighted by atomic mass is 10.1. The van der Waals surface area contributed by atoms with Gasteiger partial charge in [0.2, 0.25) is 0 Å². The van der Waals surface area contributed by atoms with E-state index < -0.39 is 12.1 Å². The Morgan fingerprint density at radius 3 is 2.27 bits per heavy atom. The molecule has 0 atom stereocenters. The number of benzene rings is 2. The van der Waals surface area contributed by atoms with Crippen molar-refractivity contribution in [2.75, 3.05) is 0 Å². The summed E-state index contributed by atoms with van der Waals surface area (Å²) in [6, 6.07) is 14.7. The van der Waals surface area contributed by atoms with Gasteiger partial charge in [-0.15, -0.1) is 0 Å².